The van der Waals surface area contributed by atoms with Crippen LogP contribution in [0, 0.1) is 18.3 Å². The normalized spacial score (nSPS) is 11.4. The molecular weight excluding hydrogens is 492 g/mol. The van der Waals surface area contributed by atoms with Gasteiger partial charge < -0.3 is 9.47 Å². The van der Waals surface area contributed by atoms with Crippen molar-refractivity contribution in [2.75, 3.05) is 18.2 Å². The molecule has 1 amide bonds. The number of aromatic nitrogens is 2. The lowest BCUT2D eigenvalue weighted by Gasteiger charge is -2.10. The Morgan fingerprint density at radius 1 is 1.20 bits per heavy atom. The zero-order chi connectivity index (χ0) is 25.6. The molecule has 12 heteroatoms. The minimum absolute atomic E-state index is 0.0563. The second-order valence-electron chi connectivity index (χ2n) is 7.08. The number of nitriles is 1. The summed E-state index contributed by atoms with van der Waals surface area (Å²) in [5.41, 5.74) is 1.44. The summed E-state index contributed by atoms with van der Waals surface area (Å²) in [5, 5.41) is 11.4. The SMILES string of the molecule is CCS(=O)(=O)c1nsc(NC(=O)C(C#N)=Cc2ccc(OC(=O)c3cccc(C)c3)c(OC)c2)n1. The van der Waals surface area contributed by atoms with E-state index < -0.39 is 21.7 Å². The van der Waals surface area contributed by atoms with Crippen LogP contribution in [0.15, 0.2) is 53.2 Å². The molecule has 35 heavy (non-hydrogen) atoms. The molecule has 0 spiro atoms. The number of methoxy groups -OCH3 is 1. The number of carbonyl (C=O) groups is 2. The first kappa shape index (κ1) is 25.5. The summed E-state index contributed by atoms with van der Waals surface area (Å²) < 4.78 is 38.2. The van der Waals surface area contributed by atoms with Crippen LogP contribution in [0.3, 0.4) is 0 Å². The summed E-state index contributed by atoms with van der Waals surface area (Å²) in [6, 6.07) is 13.3. The van der Waals surface area contributed by atoms with Gasteiger partial charge in [-0.15, -0.1) is 0 Å². The van der Waals surface area contributed by atoms with Crippen molar-refractivity contribution < 1.29 is 27.5 Å². The van der Waals surface area contributed by atoms with Crippen LogP contribution in [0.5, 0.6) is 11.5 Å². The molecular formula is C23H20N4O6S2. The van der Waals surface area contributed by atoms with Crippen molar-refractivity contribution in [1.29, 1.82) is 5.26 Å². The van der Waals surface area contributed by atoms with Gasteiger partial charge in [0.15, 0.2) is 11.5 Å². The third-order valence-electron chi connectivity index (χ3n) is 4.61. The fourth-order valence-corrected chi connectivity index (χ4v) is 4.37. The van der Waals surface area contributed by atoms with Crippen molar-refractivity contribution in [1.82, 2.24) is 9.36 Å². The van der Waals surface area contributed by atoms with E-state index in [1.165, 1.54) is 32.2 Å². The predicted octanol–water partition coefficient (Wildman–Crippen LogP) is 3.41. The third kappa shape index (κ3) is 6.28. The van der Waals surface area contributed by atoms with Crippen molar-refractivity contribution in [3.8, 4) is 17.6 Å². The van der Waals surface area contributed by atoms with Crippen molar-refractivity contribution in [2.24, 2.45) is 0 Å². The number of hydrogen-bond donors (Lipinski definition) is 1. The average Bonchev–Trinajstić information content (AvgIpc) is 3.32. The van der Waals surface area contributed by atoms with Crippen molar-refractivity contribution in [2.45, 2.75) is 19.0 Å². The van der Waals surface area contributed by atoms with Gasteiger partial charge in [0.05, 0.1) is 18.4 Å². The van der Waals surface area contributed by atoms with Crippen LogP contribution in [0.25, 0.3) is 6.08 Å². The zero-order valence-electron chi connectivity index (χ0n) is 18.9. The molecule has 0 unspecified atom stereocenters. The summed E-state index contributed by atoms with van der Waals surface area (Å²) in [4.78, 5) is 28.8. The molecule has 1 heterocycles. The average molecular weight is 513 g/mol. The van der Waals surface area contributed by atoms with E-state index in [1.54, 1.807) is 30.3 Å². The fourth-order valence-electron chi connectivity index (χ4n) is 2.78. The smallest absolute Gasteiger partial charge is 0.343 e. The molecule has 1 N–H and O–H groups in total. The maximum absolute atomic E-state index is 12.5. The van der Waals surface area contributed by atoms with Crippen molar-refractivity contribution in [3.05, 3.63) is 64.7 Å². The number of hydrogen-bond acceptors (Lipinski definition) is 10. The lowest BCUT2D eigenvalue weighted by molar-refractivity contribution is -0.112. The first-order chi connectivity index (χ1) is 16.7. The van der Waals surface area contributed by atoms with Gasteiger partial charge in [-0.25, -0.2) is 13.2 Å². The maximum atomic E-state index is 12.5. The number of nitrogens with zero attached hydrogens (tertiary/aromatic N) is 3. The molecule has 0 aliphatic carbocycles. The van der Waals surface area contributed by atoms with E-state index >= 15 is 0 Å². The number of carbonyl (C=O) groups excluding carboxylic acids is 2. The number of rotatable bonds is 8. The molecule has 0 bridgehead atoms. The number of esters is 1. The van der Waals surface area contributed by atoms with Crippen LogP contribution in [0.4, 0.5) is 5.13 Å². The first-order valence-electron chi connectivity index (χ1n) is 10.1. The van der Waals surface area contributed by atoms with Crippen LogP contribution in [0.2, 0.25) is 0 Å². The monoisotopic (exact) mass is 512 g/mol. The molecule has 180 valence electrons. The van der Waals surface area contributed by atoms with Gasteiger partial charge in [0.25, 0.3) is 11.1 Å². The molecule has 3 rings (SSSR count). The van der Waals surface area contributed by atoms with Gasteiger partial charge >= 0.3 is 5.97 Å². The Hall–Kier alpha value is -4.08. The summed E-state index contributed by atoms with van der Waals surface area (Å²) in [7, 11) is -2.23. The molecule has 0 saturated carbocycles. The van der Waals surface area contributed by atoms with Crippen LogP contribution >= 0.6 is 11.5 Å². The predicted molar refractivity (Wildman–Crippen MR) is 129 cm³/mol. The van der Waals surface area contributed by atoms with Crippen molar-refractivity contribution >= 4 is 44.5 Å². The molecule has 0 saturated heterocycles. The van der Waals surface area contributed by atoms with Gasteiger partial charge in [-0.2, -0.15) is 14.6 Å². The Morgan fingerprint density at radius 3 is 2.63 bits per heavy atom. The molecule has 10 nitrogen and oxygen atoms in total. The number of amides is 1. The molecule has 0 radical (unpaired) electrons. The Labute approximate surface area is 205 Å². The summed E-state index contributed by atoms with van der Waals surface area (Å²) >= 11 is 0.690. The standard InChI is InChI=1S/C23H20N4O6S2/c1-4-35(30,31)23-26-22(34-27-23)25-20(28)17(13-24)11-15-8-9-18(19(12-15)32-3)33-21(29)16-7-5-6-14(2)10-16/h5-12H,4H2,1-3H3,(H,25,26,27,28). The van der Waals surface area contributed by atoms with Crippen molar-refractivity contribution in [3.63, 3.8) is 0 Å². The van der Waals surface area contributed by atoms with E-state index in [0.29, 0.717) is 22.7 Å². The first-order valence-corrected chi connectivity index (χ1v) is 12.6. The molecule has 0 aliphatic heterocycles. The third-order valence-corrected chi connectivity index (χ3v) is 6.85. The van der Waals surface area contributed by atoms with Crippen LogP contribution < -0.4 is 14.8 Å². The largest absolute Gasteiger partial charge is 0.493 e. The number of anilines is 1. The van der Waals surface area contributed by atoms with E-state index in [1.807, 2.05) is 13.0 Å². The van der Waals surface area contributed by atoms with Gasteiger partial charge in [0.1, 0.15) is 11.6 Å². The number of sulfone groups is 1. The highest BCUT2D eigenvalue weighted by atomic mass is 32.2. The number of benzene rings is 2. The number of aryl methyl sites for hydroxylation is 1. The lowest BCUT2D eigenvalue weighted by atomic mass is 10.1. The van der Waals surface area contributed by atoms with Crippen LogP contribution in [-0.2, 0) is 14.6 Å². The maximum Gasteiger partial charge on any atom is 0.343 e. The highest BCUT2D eigenvalue weighted by Gasteiger charge is 2.20. The van der Waals surface area contributed by atoms with Crippen LogP contribution in [-0.4, -0.2) is 42.5 Å². The van der Waals surface area contributed by atoms with Gasteiger partial charge in [0.2, 0.25) is 15.0 Å². The second-order valence-corrected chi connectivity index (χ2v) is 10.0. The van der Waals surface area contributed by atoms with Gasteiger partial charge in [0, 0.05) is 11.5 Å². The van der Waals surface area contributed by atoms with E-state index in [9.17, 15) is 23.3 Å². The Balaban J connectivity index is 1.79. The Morgan fingerprint density at radius 2 is 1.97 bits per heavy atom. The zero-order valence-corrected chi connectivity index (χ0v) is 20.6. The van der Waals surface area contributed by atoms with E-state index in [-0.39, 0.29) is 33.1 Å². The molecule has 0 atom stereocenters. The van der Waals surface area contributed by atoms with E-state index in [2.05, 4.69) is 14.7 Å². The fraction of sp³-hybridized carbons (Fsp3) is 0.174. The van der Waals surface area contributed by atoms with E-state index in [4.69, 9.17) is 9.47 Å². The summed E-state index contributed by atoms with van der Waals surface area (Å²) in [6.45, 7) is 3.31. The molecule has 0 aliphatic rings. The molecule has 1 aromatic heterocycles. The lowest BCUT2D eigenvalue weighted by Crippen LogP contribution is -2.14. The van der Waals surface area contributed by atoms with Crippen LogP contribution in [0.1, 0.15) is 28.4 Å². The second kappa shape index (κ2) is 10.9. The quantitative estimate of drug-likeness (QED) is 0.207. The molecule has 3 aromatic rings. The minimum Gasteiger partial charge on any atom is -0.493 e. The highest BCUT2D eigenvalue weighted by molar-refractivity contribution is 7.91. The number of nitrogens with one attached hydrogen (secondary N) is 1. The Bertz CT molecular complexity index is 1450. The number of ether oxygens (including phenoxy) is 2. The Kier molecular flexibility index (Phi) is 7.95. The highest BCUT2D eigenvalue weighted by Crippen LogP contribution is 2.30. The summed E-state index contributed by atoms with van der Waals surface area (Å²) in [6.07, 6.45) is 1.30. The molecule has 2 aromatic carbocycles. The van der Waals surface area contributed by atoms with Gasteiger partial charge in [-0.1, -0.05) is 30.7 Å². The molecule has 0 fully saturated rings. The minimum atomic E-state index is -3.62. The topological polar surface area (TPSA) is 148 Å². The van der Waals surface area contributed by atoms with E-state index in [0.717, 1.165) is 5.56 Å². The van der Waals surface area contributed by atoms with Gasteiger partial charge in [-0.3, -0.25) is 10.1 Å². The summed E-state index contributed by atoms with van der Waals surface area (Å²) in [5.74, 6) is -1.15. The van der Waals surface area contributed by atoms with Gasteiger partial charge in [-0.05, 0) is 42.8 Å².